The Labute approximate surface area is 219 Å². The zero-order valence-corrected chi connectivity index (χ0v) is 21.1. The van der Waals surface area contributed by atoms with E-state index >= 15 is 0 Å². The van der Waals surface area contributed by atoms with Crippen molar-refractivity contribution in [2.45, 2.75) is 25.8 Å². The third kappa shape index (κ3) is 6.22. The van der Waals surface area contributed by atoms with Crippen LogP contribution in [0.3, 0.4) is 0 Å². The van der Waals surface area contributed by atoms with Crippen LogP contribution in [-0.4, -0.2) is 24.0 Å². The molecule has 186 valence electrons. The fourth-order valence-corrected chi connectivity index (χ4v) is 5.12. The van der Waals surface area contributed by atoms with Crippen LogP contribution in [0, 0.1) is 5.92 Å². The fourth-order valence-electron chi connectivity index (χ4n) is 5.12. The summed E-state index contributed by atoms with van der Waals surface area (Å²) in [6.45, 7) is 6.92. The summed E-state index contributed by atoms with van der Waals surface area (Å²) in [7, 11) is 0. The van der Waals surface area contributed by atoms with Gasteiger partial charge in [-0.3, -0.25) is 9.78 Å². The van der Waals surface area contributed by atoms with Crippen LogP contribution in [0.15, 0.2) is 108 Å². The number of amides is 1. The molecule has 2 aromatic carbocycles. The van der Waals surface area contributed by atoms with E-state index in [0.29, 0.717) is 12.5 Å². The first-order valence-electron chi connectivity index (χ1n) is 13.0. The number of benzene rings is 2. The lowest BCUT2D eigenvalue weighted by Crippen LogP contribution is -2.32. The lowest BCUT2D eigenvalue weighted by Gasteiger charge is -2.31. The smallest absolute Gasteiger partial charge is 0.251 e. The quantitative estimate of drug-likeness (QED) is 0.417. The summed E-state index contributed by atoms with van der Waals surface area (Å²) < 4.78 is 0. The Balaban J connectivity index is 1.45. The maximum atomic E-state index is 13.6. The molecule has 0 radical (unpaired) electrons. The predicted molar refractivity (Wildman–Crippen MR) is 152 cm³/mol. The molecular formula is C33H33N3O. The molecule has 0 atom stereocenters. The Morgan fingerprint density at radius 2 is 1.73 bits per heavy atom. The number of nitrogens with zero attached hydrogens (tertiary/aromatic N) is 1. The molecule has 1 saturated heterocycles. The van der Waals surface area contributed by atoms with Crippen molar-refractivity contribution >= 4 is 23.6 Å². The fraction of sp³-hybridized carbons (Fsp3) is 0.212. The Kier molecular flexibility index (Phi) is 7.87. The summed E-state index contributed by atoms with van der Waals surface area (Å²) >= 11 is 0. The van der Waals surface area contributed by atoms with Crippen LogP contribution in [0.2, 0.25) is 0 Å². The van der Waals surface area contributed by atoms with E-state index in [1.54, 1.807) is 0 Å². The van der Waals surface area contributed by atoms with Crippen LogP contribution in [0.1, 0.15) is 41.6 Å². The number of nitrogens with one attached hydrogen (secondary N) is 2. The lowest BCUT2D eigenvalue weighted by atomic mass is 9.77. The van der Waals surface area contributed by atoms with E-state index in [9.17, 15) is 4.79 Å². The van der Waals surface area contributed by atoms with Gasteiger partial charge in [0.2, 0.25) is 0 Å². The van der Waals surface area contributed by atoms with Crippen molar-refractivity contribution in [1.29, 1.82) is 0 Å². The molecule has 2 heterocycles. The molecule has 1 aromatic heterocycles. The second-order valence-electron chi connectivity index (χ2n) is 9.68. The minimum absolute atomic E-state index is 0.0133. The van der Waals surface area contributed by atoms with Gasteiger partial charge in [0.15, 0.2) is 0 Å². The van der Waals surface area contributed by atoms with E-state index in [2.05, 4.69) is 52.5 Å². The van der Waals surface area contributed by atoms with E-state index < -0.39 is 0 Å². The molecule has 3 aromatic rings. The molecule has 2 N–H and O–H groups in total. The average molecular weight is 488 g/mol. The van der Waals surface area contributed by atoms with Crippen molar-refractivity contribution in [1.82, 2.24) is 15.6 Å². The van der Waals surface area contributed by atoms with Crippen LogP contribution in [0.25, 0.3) is 17.7 Å². The molecule has 0 saturated carbocycles. The van der Waals surface area contributed by atoms with Crippen molar-refractivity contribution in [2.24, 2.45) is 5.92 Å². The zero-order valence-electron chi connectivity index (χ0n) is 21.1. The first-order valence-corrected chi connectivity index (χ1v) is 13.0. The van der Waals surface area contributed by atoms with Gasteiger partial charge < -0.3 is 10.6 Å². The van der Waals surface area contributed by atoms with Gasteiger partial charge in [0.05, 0.1) is 5.69 Å². The van der Waals surface area contributed by atoms with Gasteiger partial charge in [0.1, 0.15) is 0 Å². The molecule has 0 unspecified atom stereocenters. The van der Waals surface area contributed by atoms with Gasteiger partial charge in [0, 0.05) is 18.3 Å². The summed E-state index contributed by atoms with van der Waals surface area (Å²) in [6.07, 6.45) is 10.8. The van der Waals surface area contributed by atoms with Gasteiger partial charge in [-0.2, -0.15) is 0 Å². The third-order valence-electron chi connectivity index (χ3n) is 7.13. The van der Waals surface area contributed by atoms with Gasteiger partial charge in [-0.25, -0.2) is 0 Å². The highest BCUT2D eigenvalue weighted by atomic mass is 16.1. The number of carbonyl (C=O) groups is 1. The minimum atomic E-state index is -0.0133. The van der Waals surface area contributed by atoms with Crippen LogP contribution in [-0.2, 0) is 11.3 Å². The number of carbonyl (C=O) groups excluding carboxylic acids is 1. The summed E-state index contributed by atoms with van der Waals surface area (Å²) in [6, 6.07) is 24.3. The number of aromatic nitrogens is 1. The molecule has 1 aliphatic carbocycles. The van der Waals surface area contributed by atoms with E-state index in [4.69, 9.17) is 0 Å². The molecule has 0 bridgehead atoms. The number of hydrogen-bond acceptors (Lipinski definition) is 3. The van der Waals surface area contributed by atoms with Crippen molar-refractivity contribution in [3.8, 4) is 0 Å². The van der Waals surface area contributed by atoms with E-state index in [-0.39, 0.29) is 5.91 Å². The SMILES string of the molecule is C=C1CC(C2CCNCC2)=C(C(=O)NCc2ccccc2)C=C1c1ccnc(C=Cc2ccccc2)c1. The van der Waals surface area contributed by atoms with Crippen molar-refractivity contribution in [3.05, 3.63) is 131 Å². The van der Waals surface area contributed by atoms with Crippen LogP contribution in [0.4, 0.5) is 0 Å². The molecule has 2 aliphatic rings. The topological polar surface area (TPSA) is 54.0 Å². The van der Waals surface area contributed by atoms with Crippen molar-refractivity contribution < 1.29 is 4.79 Å². The van der Waals surface area contributed by atoms with Gasteiger partial charge in [-0.1, -0.05) is 73.3 Å². The normalized spacial score (nSPS) is 16.6. The van der Waals surface area contributed by atoms with Crippen LogP contribution >= 0.6 is 0 Å². The number of rotatable bonds is 7. The highest BCUT2D eigenvalue weighted by molar-refractivity contribution is 6.02. The monoisotopic (exact) mass is 487 g/mol. The first kappa shape index (κ1) is 24.7. The molecule has 1 aliphatic heterocycles. The second kappa shape index (κ2) is 11.8. The van der Waals surface area contributed by atoms with E-state index in [0.717, 1.165) is 71.5 Å². The summed E-state index contributed by atoms with van der Waals surface area (Å²) in [5.41, 5.74) is 8.21. The molecule has 4 nitrogen and oxygen atoms in total. The molecule has 5 rings (SSSR count). The lowest BCUT2D eigenvalue weighted by molar-refractivity contribution is -0.117. The Bertz CT molecular complexity index is 1350. The largest absolute Gasteiger partial charge is 0.348 e. The summed E-state index contributed by atoms with van der Waals surface area (Å²) in [4.78, 5) is 18.1. The van der Waals surface area contributed by atoms with Gasteiger partial charge in [0.25, 0.3) is 5.91 Å². The van der Waals surface area contributed by atoms with Crippen molar-refractivity contribution in [2.75, 3.05) is 13.1 Å². The Morgan fingerprint density at radius 1 is 1.00 bits per heavy atom. The summed E-state index contributed by atoms with van der Waals surface area (Å²) in [5.74, 6) is 0.385. The van der Waals surface area contributed by atoms with Crippen molar-refractivity contribution in [3.63, 3.8) is 0 Å². The summed E-state index contributed by atoms with van der Waals surface area (Å²) in [5, 5.41) is 6.61. The van der Waals surface area contributed by atoms with Gasteiger partial charge >= 0.3 is 0 Å². The highest BCUT2D eigenvalue weighted by Crippen LogP contribution is 2.39. The van der Waals surface area contributed by atoms with Gasteiger partial charge in [-0.05, 0) is 96.0 Å². The predicted octanol–water partition coefficient (Wildman–Crippen LogP) is 6.21. The standard InChI is InChI=1S/C33H33N3O/c1-24-20-31(27-14-17-34-18-15-27)32(33(37)36-23-26-10-6-3-7-11-26)22-30(24)28-16-19-35-29(21-28)13-12-25-8-4-2-5-9-25/h2-13,16,19,21-22,27,34H,1,14-15,17-18,20,23H2,(H,36,37). The molecule has 4 heteroatoms. The second-order valence-corrected chi connectivity index (χ2v) is 9.68. The highest BCUT2D eigenvalue weighted by Gasteiger charge is 2.28. The zero-order chi connectivity index (χ0) is 25.5. The third-order valence-corrected chi connectivity index (χ3v) is 7.13. The molecule has 0 spiro atoms. The number of allylic oxidation sites excluding steroid dienone is 3. The molecule has 1 fully saturated rings. The Hall–Kier alpha value is -4.02. The Morgan fingerprint density at radius 3 is 2.49 bits per heavy atom. The molecule has 37 heavy (non-hydrogen) atoms. The first-order chi connectivity index (χ1) is 18.2. The van der Waals surface area contributed by atoms with E-state index in [1.165, 1.54) is 5.57 Å². The van der Waals surface area contributed by atoms with Crippen LogP contribution in [0.5, 0.6) is 0 Å². The van der Waals surface area contributed by atoms with Gasteiger partial charge in [-0.15, -0.1) is 0 Å². The maximum Gasteiger partial charge on any atom is 0.251 e. The minimum Gasteiger partial charge on any atom is -0.348 e. The van der Waals surface area contributed by atoms with E-state index in [1.807, 2.05) is 66.9 Å². The number of pyridine rings is 1. The van der Waals surface area contributed by atoms with Crippen LogP contribution < -0.4 is 10.6 Å². The maximum absolute atomic E-state index is 13.6. The number of piperidine rings is 1. The molecular weight excluding hydrogens is 454 g/mol. The average Bonchev–Trinajstić information content (AvgIpc) is 2.96. The number of hydrogen-bond donors (Lipinski definition) is 2. The molecule has 1 amide bonds.